The minimum atomic E-state index is 0.901. The molecule has 0 aliphatic heterocycles. The van der Waals surface area contributed by atoms with Crippen molar-refractivity contribution in [3.63, 3.8) is 0 Å². The average Bonchev–Trinajstić information content (AvgIpc) is 3.87. The van der Waals surface area contributed by atoms with Crippen molar-refractivity contribution in [3.05, 3.63) is 174 Å². The summed E-state index contributed by atoms with van der Waals surface area (Å²) in [7, 11) is 0. The molecular weight excluding hydrogens is 702 g/mol. The Labute approximate surface area is 307 Å². The predicted molar refractivity (Wildman–Crippen MR) is 219 cm³/mol. The molecule has 3 heterocycles. The molecule has 52 heavy (non-hydrogen) atoms. The SMILES string of the molecule is Brc1ccc(-c2ccc(-n3c4ccc(-c5cccc6c5oc5ccccc56)cc4c4cc(-c5cccc6c5oc5ccccc56)ccc43)cc2)cc1. The van der Waals surface area contributed by atoms with E-state index in [0.717, 1.165) is 87.3 Å². The Hall–Kier alpha value is -6.36. The number of para-hydroxylation sites is 4. The Morgan fingerprint density at radius 1 is 0.365 bits per heavy atom. The van der Waals surface area contributed by atoms with E-state index in [1.54, 1.807) is 0 Å². The third kappa shape index (κ3) is 4.44. The van der Waals surface area contributed by atoms with Gasteiger partial charge in [-0.2, -0.15) is 0 Å². The average molecular weight is 731 g/mol. The molecule has 0 saturated carbocycles. The van der Waals surface area contributed by atoms with E-state index in [1.165, 1.54) is 21.9 Å². The number of rotatable bonds is 4. The molecule has 0 unspecified atom stereocenters. The summed E-state index contributed by atoms with van der Waals surface area (Å²) in [5.41, 5.74) is 13.8. The van der Waals surface area contributed by atoms with Crippen molar-refractivity contribution >= 4 is 81.6 Å². The Bertz CT molecular complexity index is 3010. The molecular formula is C48H28BrNO2. The smallest absolute Gasteiger partial charge is 0.143 e. The highest BCUT2D eigenvalue weighted by atomic mass is 79.9. The lowest BCUT2D eigenvalue weighted by Gasteiger charge is -2.10. The van der Waals surface area contributed by atoms with Gasteiger partial charge in [0.15, 0.2) is 0 Å². The summed E-state index contributed by atoms with van der Waals surface area (Å²) in [6, 6.07) is 60.4. The summed E-state index contributed by atoms with van der Waals surface area (Å²) in [6.45, 7) is 0. The van der Waals surface area contributed by atoms with Gasteiger partial charge in [0.2, 0.25) is 0 Å². The number of furan rings is 2. The number of halogens is 1. The summed E-state index contributed by atoms with van der Waals surface area (Å²) in [5, 5.41) is 6.87. The van der Waals surface area contributed by atoms with E-state index in [1.807, 2.05) is 24.3 Å². The zero-order chi connectivity index (χ0) is 34.3. The van der Waals surface area contributed by atoms with Crippen LogP contribution in [0.2, 0.25) is 0 Å². The summed E-state index contributed by atoms with van der Waals surface area (Å²) >= 11 is 3.57. The van der Waals surface area contributed by atoms with Gasteiger partial charge in [0.1, 0.15) is 22.3 Å². The highest BCUT2D eigenvalue weighted by molar-refractivity contribution is 9.10. The highest BCUT2D eigenvalue weighted by Gasteiger charge is 2.19. The Kier molecular flexibility index (Phi) is 6.40. The largest absolute Gasteiger partial charge is 0.455 e. The summed E-state index contributed by atoms with van der Waals surface area (Å²) in [5.74, 6) is 0. The molecule has 3 aromatic heterocycles. The molecule has 0 N–H and O–H groups in total. The van der Waals surface area contributed by atoms with E-state index < -0.39 is 0 Å². The van der Waals surface area contributed by atoms with Gasteiger partial charge in [-0.1, -0.05) is 125 Å². The molecule has 0 bridgehead atoms. The van der Waals surface area contributed by atoms with E-state index in [0.29, 0.717) is 0 Å². The molecule has 0 aliphatic carbocycles. The first-order valence-corrected chi connectivity index (χ1v) is 18.2. The maximum Gasteiger partial charge on any atom is 0.143 e. The van der Waals surface area contributed by atoms with E-state index in [9.17, 15) is 0 Å². The number of hydrogen-bond acceptors (Lipinski definition) is 2. The standard InChI is InChI=1S/C48H28BrNO2/c49-33-21-15-29(16-22-33)30-17-23-34(24-18-30)50-43-25-19-31(35-9-5-11-39-37-7-1-3-13-45(37)51-47(35)39)27-41(43)42-28-32(20-26-44(42)50)36-10-6-12-40-38-8-2-4-14-46(38)52-48(36)40/h1-28H. The molecule has 0 amide bonds. The predicted octanol–water partition coefficient (Wildman–Crippen LogP) is 14.3. The molecule has 0 spiro atoms. The molecule has 3 nitrogen and oxygen atoms in total. The van der Waals surface area contributed by atoms with Crippen molar-refractivity contribution in [1.82, 2.24) is 4.57 Å². The van der Waals surface area contributed by atoms with Crippen LogP contribution in [-0.2, 0) is 0 Å². The van der Waals surface area contributed by atoms with E-state index in [-0.39, 0.29) is 0 Å². The van der Waals surface area contributed by atoms with Crippen LogP contribution in [0.1, 0.15) is 0 Å². The molecule has 0 atom stereocenters. The van der Waals surface area contributed by atoms with Crippen LogP contribution in [0.5, 0.6) is 0 Å². The Balaban J connectivity index is 1.14. The normalized spacial score (nSPS) is 11.9. The van der Waals surface area contributed by atoms with Gasteiger partial charge in [-0.25, -0.2) is 0 Å². The maximum absolute atomic E-state index is 6.49. The fraction of sp³-hybridized carbons (Fsp3) is 0. The van der Waals surface area contributed by atoms with Gasteiger partial charge in [0, 0.05) is 53.6 Å². The van der Waals surface area contributed by atoms with Crippen LogP contribution in [0, 0.1) is 0 Å². The van der Waals surface area contributed by atoms with Gasteiger partial charge in [0.25, 0.3) is 0 Å². The van der Waals surface area contributed by atoms with Crippen LogP contribution in [0.4, 0.5) is 0 Å². The molecule has 0 radical (unpaired) electrons. The summed E-state index contributed by atoms with van der Waals surface area (Å²) in [6.07, 6.45) is 0. The minimum absolute atomic E-state index is 0.901. The fourth-order valence-corrected chi connectivity index (χ4v) is 8.30. The van der Waals surface area contributed by atoms with Crippen LogP contribution in [-0.4, -0.2) is 4.57 Å². The van der Waals surface area contributed by atoms with Crippen molar-refractivity contribution < 1.29 is 8.83 Å². The lowest BCUT2D eigenvalue weighted by Crippen LogP contribution is -1.94. The monoisotopic (exact) mass is 729 g/mol. The Morgan fingerprint density at radius 3 is 1.33 bits per heavy atom. The number of benzene rings is 8. The van der Waals surface area contributed by atoms with E-state index >= 15 is 0 Å². The van der Waals surface area contributed by atoms with Gasteiger partial charge in [0.05, 0.1) is 11.0 Å². The molecule has 11 rings (SSSR count). The maximum atomic E-state index is 6.49. The third-order valence-electron chi connectivity index (χ3n) is 10.5. The van der Waals surface area contributed by atoms with Crippen LogP contribution >= 0.6 is 15.9 Å². The van der Waals surface area contributed by atoms with Crippen LogP contribution in [0.15, 0.2) is 183 Å². The second-order valence-electron chi connectivity index (χ2n) is 13.4. The van der Waals surface area contributed by atoms with Gasteiger partial charge in [-0.05, 0) is 82.9 Å². The number of aromatic nitrogens is 1. The molecule has 8 aromatic carbocycles. The first-order valence-electron chi connectivity index (χ1n) is 17.4. The molecule has 0 saturated heterocycles. The first-order chi connectivity index (χ1) is 25.7. The minimum Gasteiger partial charge on any atom is -0.455 e. The summed E-state index contributed by atoms with van der Waals surface area (Å²) in [4.78, 5) is 0. The zero-order valence-electron chi connectivity index (χ0n) is 27.8. The van der Waals surface area contributed by atoms with Crippen LogP contribution in [0.25, 0.3) is 105 Å². The lowest BCUT2D eigenvalue weighted by molar-refractivity contribution is 0.669. The van der Waals surface area contributed by atoms with E-state index in [4.69, 9.17) is 8.83 Å². The van der Waals surface area contributed by atoms with Gasteiger partial charge < -0.3 is 13.4 Å². The Morgan fingerprint density at radius 2 is 0.808 bits per heavy atom. The second kappa shape index (κ2) is 11.3. The van der Waals surface area contributed by atoms with Crippen molar-refractivity contribution in [3.8, 4) is 39.1 Å². The van der Waals surface area contributed by atoms with Crippen LogP contribution in [0.3, 0.4) is 0 Å². The fourth-order valence-electron chi connectivity index (χ4n) is 8.03. The van der Waals surface area contributed by atoms with Crippen LogP contribution < -0.4 is 0 Å². The summed E-state index contributed by atoms with van der Waals surface area (Å²) < 4.78 is 16.4. The zero-order valence-corrected chi connectivity index (χ0v) is 29.4. The van der Waals surface area contributed by atoms with Crippen molar-refractivity contribution in [2.75, 3.05) is 0 Å². The molecule has 0 fully saturated rings. The highest BCUT2D eigenvalue weighted by Crippen LogP contribution is 2.42. The number of hydrogen-bond donors (Lipinski definition) is 0. The topological polar surface area (TPSA) is 31.2 Å². The van der Waals surface area contributed by atoms with Crippen molar-refractivity contribution in [1.29, 1.82) is 0 Å². The molecule has 4 heteroatoms. The second-order valence-corrected chi connectivity index (χ2v) is 14.3. The number of fused-ring (bicyclic) bond motifs is 9. The quantitative estimate of drug-likeness (QED) is 0.181. The lowest BCUT2D eigenvalue weighted by atomic mass is 9.98. The van der Waals surface area contributed by atoms with E-state index in [2.05, 4.69) is 166 Å². The van der Waals surface area contributed by atoms with Gasteiger partial charge >= 0.3 is 0 Å². The number of nitrogens with zero attached hydrogens (tertiary/aromatic N) is 1. The molecule has 11 aromatic rings. The first kappa shape index (κ1) is 29.4. The van der Waals surface area contributed by atoms with Crippen molar-refractivity contribution in [2.24, 2.45) is 0 Å². The molecule has 244 valence electrons. The van der Waals surface area contributed by atoms with Crippen molar-refractivity contribution in [2.45, 2.75) is 0 Å². The third-order valence-corrected chi connectivity index (χ3v) is 11.0. The van der Waals surface area contributed by atoms with Gasteiger partial charge in [-0.3, -0.25) is 0 Å². The molecule has 0 aliphatic rings. The van der Waals surface area contributed by atoms with Gasteiger partial charge in [-0.15, -0.1) is 0 Å².